The van der Waals surface area contributed by atoms with Gasteiger partial charge in [0.1, 0.15) is 0 Å². The SMILES string of the molecule is COCCC[N+]12CCN(CC1)CC2. The molecule has 0 unspecified atom stereocenters. The molecule has 2 bridgehead atoms. The largest absolute Gasteiger partial charge is 0.384 e. The Labute approximate surface area is 80.9 Å². The van der Waals surface area contributed by atoms with Crippen LogP contribution in [0.3, 0.4) is 0 Å². The van der Waals surface area contributed by atoms with E-state index < -0.39 is 0 Å². The van der Waals surface area contributed by atoms with E-state index in [9.17, 15) is 0 Å². The lowest BCUT2D eigenvalue weighted by molar-refractivity contribution is -0.941. The molecule has 0 amide bonds. The quantitative estimate of drug-likeness (QED) is 0.457. The zero-order valence-electron chi connectivity index (χ0n) is 8.67. The summed E-state index contributed by atoms with van der Waals surface area (Å²) in [4.78, 5) is 2.59. The number of nitrogens with zero attached hydrogens (tertiary/aromatic N) is 2. The van der Waals surface area contributed by atoms with Crippen LogP contribution in [0.1, 0.15) is 6.42 Å². The van der Waals surface area contributed by atoms with Gasteiger partial charge in [-0.2, -0.15) is 0 Å². The summed E-state index contributed by atoms with van der Waals surface area (Å²) in [5, 5.41) is 0. The third kappa shape index (κ3) is 2.03. The van der Waals surface area contributed by atoms with Crippen molar-refractivity contribution >= 4 is 0 Å². The van der Waals surface area contributed by atoms with Crippen LogP contribution in [0.15, 0.2) is 0 Å². The molecule has 3 heteroatoms. The molecule has 0 aliphatic carbocycles. The van der Waals surface area contributed by atoms with Gasteiger partial charge in [-0.05, 0) is 0 Å². The minimum atomic E-state index is 0.934. The number of quaternary nitrogens is 1. The maximum absolute atomic E-state index is 5.11. The van der Waals surface area contributed by atoms with Crippen molar-refractivity contribution in [2.24, 2.45) is 0 Å². The van der Waals surface area contributed by atoms with Crippen LogP contribution in [0.2, 0.25) is 0 Å². The van der Waals surface area contributed by atoms with Crippen molar-refractivity contribution in [3.63, 3.8) is 0 Å². The van der Waals surface area contributed by atoms with Gasteiger partial charge in [0.2, 0.25) is 0 Å². The molecule has 3 rings (SSSR count). The van der Waals surface area contributed by atoms with Crippen LogP contribution >= 0.6 is 0 Å². The van der Waals surface area contributed by atoms with Crippen molar-refractivity contribution in [2.75, 3.05) is 59.5 Å². The number of ether oxygens (including phenoxy) is 1. The average Bonchev–Trinajstić information content (AvgIpc) is 2.21. The lowest BCUT2D eigenvalue weighted by atomic mass is 10.1. The fourth-order valence-corrected chi connectivity index (χ4v) is 2.61. The number of fused-ring (bicyclic) bond motifs is 3. The van der Waals surface area contributed by atoms with E-state index in [1.807, 2.05) is 0 Å². The Morgan fingerprint density at radius 2 is 1.77 bits per heavy atom. The highest BCUT2D eigenvalue weighted by atomic mass is 16.5. The molecule has 0 aromatic carbocycles. The van der Waals surface area contributed by atoms with Crippen molar-refractivity contribution < 1.29 is 9.22 Å². The monoisotopic (exact) mass is 185 g/mol. The first-order valence-corrected chi connectivity index (χ1v) is 5.41. The summed E-state index contributed by atoms with van der Waals surface area (Å²) in [7, 11) is 1.80. The summed E-state index contributed by atoms with van der Waals surface area (Å²) in [5.41, 5.74) is 0. The summed E-state index contributed by atoms with van der Waals surface area (Å²) in [6, 6.07) is 0. The predicted octanol–water partition coefficient (Wildman–Crippen LogP) is 0.169. The number of piperazine rings is 3. The summed E-state index contributed by atoms with van der Waals surface area (Å²) in [6.45, 7) is 10.4. The Hall–Kier alpha value is -0.120. The van der Waals surface area contributed by atoms with Crippen molar-refractivity contribution in [3.05, 3.63) is 0 Å². The van der Waals surface area contributed by atoms with Crippen LogP contribution in [-0.4, -0.2) is 68.9 Å². The average molecular weight is 185 g/mol. The number of methoxy groups -OCH3 is 1. The molecule has 3 nitrogen and oxygen atoms in total. The first kappa shape index (κ1) is 9.44. The van der Waals surface area contributed by atoms with Crippen LogP contribution in [0.4, 0.5) is 0 Å². The van der Waals surface area contributed by atoms with Gasteiger partial charge in [0.25, 0.3) is 0 Å². The van der Waals surface area contributed by atoms with E-state index in [0.29, 0.717) is 0 Å². The van der Waals surface area contributed by atoms with E-state index in [1.54, 1.807) is 7.11 Å². The molecule has 0 saturated carbocycles. The lowest BCUT2D eigenvalue weighted by Gasteiger charge is -2.50. The molecule has 3 heterocycles. The van der Waals surface area contributed by atoms with Crippen LogP contribution in [-0.2, 0) is 4.74 Å². The van der Waals surface area contributed by atoms with Gasteiger partial charge in [-0.25, -0.2) is 0 Å². The number of hydrogen-bond acceptors (Lipinski definition) is 2. The molecule has 0 aromatic heterocycles. The van der Waals surface area contributed by atoms with Crippen molar-refractivity contribution in [3.8, 4) is 0 Å². The predicted molar refractivity (Wildman–Crippen MR) is 52.7 cm³/mol. The van der Waals surface area contributed by atoms with Crippen molar-refractivity contribution in [1.82, 2.24) is 4.90 Å². The fraction of sp³-hybridized carbons (Fsp3) is 1.00. The fourth-order valence-electron chi connectivity index (χ4n) is 2.61. The second kappa shape index (κ2) is 3.95. The summed E-state index contributed by atoms with van der Waals surface area (Å²) < 4.78 is 6.49. The second-order valence-corrected chi connectivity index (χ2v) is 4.42. The van der Waals surface area contributed by atoms with Crippen LogP contribution < -0.4 is 0 Å². The molecule has 3 aliphatic rings. The molecule has 0 N–H and O–H groups in total. The standard InChI is InChI=1S/C10H21N2O/c1-13-10-2-6-12-7-3-11(4-8-12)5-9-12/h2-10H2,1H3/q+1. The molecular formula is C10H21N2O+. The van der Waals surface area contributed by atoms with E-state index >= 15 is 0 Å². The highest BCUT2D eigenvalue weighted by Gasteiger charge is 2.37. The van der Waals surface area contributed by atoms with Crippen LogP contribution in [0.5, 0.6) is 0 Å². The Bertz CT molecular complexity index is 151. The minimum absolute atomic E-state index is 0.934. The van der Waals surface area contributed by atoms with Crippen molar-refractivity contribution in [1.29, 1.82) is 0 Å². The van der Waals surface area contributed by atoms with E-state index in [2.05, 4.69) is 4.90 Å². The minimum Gasteiger partial charge on any atom is -0.384 e. The van der Waals surface area contributed by atoms with Gasteiger partial charge < -0.3 is 9.22 Å². The zero-order chi connectivity index (χ0) is 9.15. The topological polar surface area (TPSA) is 12.5 Å². The summed E-state index contributed by atoms with van der Waals surface area (Å²) in [5.74, 6) is 0. The molecule has 3 fully saturated rings. The Morgan fingerprint density at radius 3 is 2.31 bits per heavy atom. The van der Waals surface area contributed by atoms with Crippen molar-refractivity contribution in [2.45, 2.75) is 6.42 Å². The summed E-state index contributed by atoms with van der Waals surface area (Å²) >= 11 is 0. The van der Waals surface area contributed by atoms with Gasteiger partial charge in [0, 0.05) is 33.2 Å². The molecule has 0 radical (unpaired) electrons. The Kier molecular flexibility index (Phi) is 2.86. The third-order valence-corrected chi connectivity index (χ3v) is 3.65. The molecule has 3 saturated heterocycles. The Balaban J connectivity index is 1.81. The van der Waals surface area contributed by atoms with Crippen LogP contribution in [0.25, 0.3) is 0 Å². The van der Waals surface area contributed by atoms with E-state index in [0.717, 1.165) is 6.61 Å². The van der Waals surface area contributed by atoms with E-state index in [-0.39, 0.29) is 0 Å². The molecular weight excluding hydrogens is 164 g/mol. The first-order valence-electron chi connectivity index (χ1n) is 5.41. The summed E-state index contributed by atoms with van der Waals surface area (Å²) in [6.07, 6.45) is 1.23. The highest BCUT2D eigenvalue weighted by molar-refractivity contribution is 4.70. The van der Waals surface area contributed by atoms with Gasteiger partial charge >= 0.3 is 0 Å². The van der Waals surface area contributed by atoms with E-state index in [4.69, 9.17) is 4.74 Å². The number of rotatable bonds is 4. The lowest BCUT2D eigenvalue weighted by Crippen LogP contribution is -2.67. The van der Waals surface area contributed by atoms with Gasteiger partial charge in [0.05, 0.1) is 32.8 Å². The van der Waals surface area contributed by atoms with Gasteiger partial charge in [-0.1, -0.05) is 0 Å². The van der Waals surface area contributed by atoms with Gasteiger partial charge in [-0.3, -0.25) is 4.90 Å². The van der Waals surface area contributed by atoms with Crippen LogP contribution in [0, 0.1) is 0 Å². The van der Waals surface area contributed by atoms with Gasteiger partial charge in [0.15, 0.2) is 0 Å². The van der Waals surface area contributed by atoms with E-state index in [1.165, 1.54) is 56.7 Å². The third-order valence-electron chi connectivity index (χ3n) is 3.65. The smallest absolute Gasteiger partial charge is 0.0916 e. The van der Waals surface area contributed by atoms with Gasteiger partial charge in [-0.15, -0.1) is 0 Å². The number of hydrogen-bond donors (Lipinski definition) is 0. The maximum atomic E-state index is 5.11. The molecule has 0 spiro atoms. The molecule has 13 heavy (non-hydrogen) atoms. The first-order chi connectivity index (χ1) is 6.35. The second-order valence-electron chi connectivity index (χ2n) is 4.42. The zero-order valence-corrected chi connectivity index (χ0v) is 8.67. The normalized spacial score (nSPS) is 38.1. The molecule has 0 aromatic rings. The Morgan fingerprint density at radius 1 is 1.15 bits per heavy atom. The maximum Gasteiger partial charge on any atom is 0.0916 e. The molecule has 76 valence electrons. The molecule has 3 aliphatic heterocycles. The highest BCUT2D eigenvalue weighted by Crippen LogP contribution is 2.19. The molecule has 0 atom stereocenters.